The molecule has 94 valence electrons. The summed E-state index contributed by atoms with van der Waals surface area (Å²) >= 11 is 0. The van der Waals surface area contributed by atoms with Gasteiger partial charge in [0.15, 0.2) is 0 Å². The monoisotopic (exact) mass is 245 g/mol. The van der Waals surface area contributed by atoms with Gasteiger partial charge < -0.3 is 10.1 Å². The van der Waals surface area contributed by atoms with Crippen LogP contribution in [-0.2, 0) is 14.3 Å². The predicted molar refractivity (Wildman–Crippen MR) is 69.4 cm³/mol. The van der Waals surface area contributed by atoms with E-state index < -0.39 is 5.97 Å². The maximum absolute atomic E-state index is 11.4. The van der Waals surface area contributed by atoms with Gasteiger partial charge in [0.1, 0.15) is 5.70 Å². The first-order valence-electron chi connectivity index (χ1n) is 5.43. The van der Waals surface area contributed by atoms with Crippen LogP contribution in [0.25, 0.3) is 6.08 Å². The molecule has 0 unspecified atom stereocenters. The van der Waals surface area contributed by atoms with Crippen molar-refractivity contribution >= 4 is 18.0 Å². The number of esters is 1. The Hall–Kier alpha value is -2.36. The molecular formula is C14H15NO3. The highest BCUT2D eigenvalue weighted by molar-refractivity contribution is 5.93. The summed E-state index contributed by atoms with van der Waals surface area (Å²) in [6.07, 6.45) is 5.00. The van der Waals surface area contributed by atoms with Gasteiger partial charge in [-0.2, -0.15) is 0 Å². The van der Waals surface area contributed by atoms with Gasteiger partial charge >= 0.3 is 5.97 Å². The lowest BCUT2D eigenvalue weighted by Crippen LogP contribution is -2.25. The first kappa shape index (κ1) is 13.7. The smallest absolute Gasteiger partial charge is 0.354 e. The fraction of sp³-hybridized carbons (Fsp3) is 0.143. The van der Waals surface area contributed by atoms with Gasteiger partial charge in [-0.3, -0.25) is 4.79 Å². The molecule has 0 bridgehead atoms. The minimum atomic E-state index is -0.581. The van der Waals surface area contributed by atoms with Crippen molar-refractivity contribution in [1.29, 1.82) is 0 Å². The molecule has 0 saturated heterocycles. The van der Waals surface area contributed by atoms with Gasteiger partial charge in [0, 0.05) is 6.92 Å². The zero-order valence-electron chi connectivity index (χ0n) is 10.3. The van der Waals surface area contributed by atoms with Crippen molar-refractivity contribution < 1.29 is 14.3 Å². The SMILES string of the molecule is COC(=O)/C(=C\C=C\c1ccccc1)NC(C)=O. The van der Waals surface area contributed by atoms with Crippen molar-refractivity contribution in [2.45, 2.75) is 6.92 Å². The second-order valence-corrected chi connectivity index (χ2v) is 3.52. The van der Waals surface area contributed by atoms with Gasteiger partial charge in [0.25, 0.3) is 0 Å². The van der Waals surface area contributed by atoms with E-state index in [-0.39, 0.29) is 11.6 Å². The number of benzene rings is 1. The molecule has 0 spiro atoms. The molecule has 0 aliphatic carbocycles. The van der Waals surface area contributed by atoms with Crippen LogP contribution in [0.1, 0.15) is 12.5 Å². The number of allylic oxidation sites excluding steroid dienone is 2. The minimum absolute atomic E-state index is 0.109. The summed E-state index contributed by atoms with van der Waals surface area (Å²) in [7, 11) is 1.26. The summed E-state index contributed by atoms with van der Waals surface area (Å²) < 4.78 is 4.56. The molecule has 1 aromatic rings. The van der Waals surface area contributed by atoms with Gasteiger partial charge in [0.05, 0.1) is 7.11 Å². The van der Waals surface area contributed by atoms with E-state index in [9.17, 15) is 9.59 Å². The van der Waals surface area contributed by atoms with Crippen molar-refractivity contribution in [3.63, 3.8) is 0 Å². The highest BCUT2D eigenvalue weighted by atomic mass is 16.5. The standard InChI is InChI=1S/C14H15NO3/c1-11(16)15-13(14(17)18-2)10-6-9-12-7-4-3-5-8-12/h3-10H,1-2H3,(H,15,16)/b9-6+,13-10+. The fourth-order valence-electron chi connectivity index (χ4n) is 1.28. The summed E-state index contributed by atoms with van der Waals surface area (Å²) in [5.74, 6) is -0.900. The van der Waals surface area contributed by atoms with E-state index in [1.165, 1.54) is 20.1 Å². The van der Waals surface area contributed by atoms with E-state index in [0.29, 0.717) is 0 Å². The summed E-state index contributed by atoms with van der Waals surface area (Å²) in [5, 5.41) is 2.41. The van der Waals surface area contributed by atoms with Crippen molar-refractivity contribution in [3.8, 4) is 0 Å². The fourth-order valence-corrected chi connectivity index (χ4v) is 1.28. The maximum atomic E-state index is 11.4. The van der Waals surface area contributed by atoms with Crippen LogP contribution in [-0.4, -0.2) is 19.0 Å². The number of rotatable bonds is 4. The molecule has 0 atom stereocenters. The third-order valence-electron chi connectivity index (χ3n) is 2.07. The second kappa shape index (κ2) is 7.06. The molecule has 0 heterocycles. The molecule has 0 saturated carbocycles. The van der Waals surface area contributed by atoms with Crippen LogP contribution in [0.5, 0.6) is 0 Å². The van der Waals surface area contributed by atoms with E-state index >= 15 is 0 Å². The first-order chi connectivity index (χ1) is 8.63. The maximum Gasteiger partial charge on any atom is 0.354 e. The lowest BCUT2D eigenvalue weighted by molar-refractivity contribution is -0.137. The zero-order valence-corrected chi connectivity index (χ0v) is 10.3. The normalized spacial score (nSPS) is 11.3. The third kappa shape index (κ3) is 4.65. The van der Waals surface area contributed by atoms with Crippen molar-refractivity contribution in [1.82, 2.24) is 5.32 Å². The largest absolute Gasteiger partial charge is 0.464 e. The number of carbonyl (C=O) groups excluding carboxylic acids is 2. The molecule has 1 N–H and O–H groups in total. The number of amides is 1. The van der Waals surface area contributed by atoms with Gasteiger partial charge in [0.2, 0.25) is 5.91 Å². The molecular weight excluding hydrogens is 230 g/mol. The van der Waals surface area contributed by atoms with Crippen LogP contribution in [0.2, 0.25) is 0 Å². The Bertz CT molecular complexity index is 475. The highest BCUT2D eigenvalue weighted by Crippen LogP contribution is 2.02. The number of hydrogen-bond donors (Lipinski definition) is 1. The van der Waals surface area contributed by atoms with Gasteiger partial charge in [-0.15, -0.1) is 0 Å². The summed E-state index contributed by atoms with van der Waals surface area (Å²) in [6.45, 7) is 1.33. The molecule has 0 radical (unpaired) electrons. The third-order valence-corrected chi connectivity index (χ3v) is 2.07. The Morgan fingerprint density at radius 1 is 1.22 bits per heavy atom. The van der Waals surface area contributed by atoms with E-state index in [1.54, 1.807) is 6.08 Å². The predicted octanol–water partition coefficient (Wildman–Crippen LogP) is 1.89. The molecule has 1 aromatic carbocycles. The summed E-state index contributed by atoms with van der Waals surface area (Å²) in [6, 6.07) is 9.61. The number of hydrogen-bond acceptors (Lipinski definition) is 3. The number of nitrogens with one attached hydrogen (secondary N) is 1. The van der Waals surface area contributed by atoms with Crippen molar-refractivity contribution in [2.24, 2.45) is 0 Å². The lowest BCUT2D eigenvalue weighted by Gasteiger charge is -2.04. The van der Waals surface area contributed by atoms with Crippen LogP contribution < -0.4 is 5.32 Å². The van der Waals surface area contributed by atoms with Gasteiger partial charge in [-0.05, 0) is 11.6 Å². The van der Waals surface area contributed by atoms with Crippen molar-refractivity contribution in [3.05, 3.63) is 53.7 Å². The molecule has 18 heavy (non-hydrogen) atoms. The Morgan fingerprint density at radius 3 is 2.44 bits per heavy atom. The highest BCUT2D eigenvalue weighted by Gasteiger charge is 2.09. The molecule has 0 fully saturated rings. The van der Waals surface area contributed by atoms with Crippen LogP contribution in [0.3, 0.4) is 0 Å². The zero-order chi connectivity index (χ0) is 13.4. The summed E-state index contributed by atoms with van der Waals surface area (Å²) in [5.41, 5.74) is 1.11. The molecule has 0 aliphatic rings. The molecule has 0 aromatic heterocycles. The molecule has 4 nitrogen and oxygen atoms in total. The Kier molecular flexibility index (Phi) is 5.38. The Morgan fingerprint density at radius 2 is 1.89 bits per heavy atom. The van der Waals surface area contributed by atoms with E-state index in [2.05, 4.69) is 10.1 Å². The first-order valence-corrected chi connectivity index (χ1v) is 5.43. The number of methoxy groups -OCH3 is 1. The van der Waals surface area contributed by atoms with Crippen molar-refractivity contribution in [2.75, 3.05) is 7.11 Å². The van der Waals surface area contributed by atoms with Crippen LogP contribution >= 0.6 is 0 Å². The van der Waals surface area contributed by atoms with E-state index in [4.69, 9.17) is 0 Å². The van der Waals surface area contributed by atoms with E-state index in [0.717, 1.165) is 5.56 Å². The number of carbonyl (C=O) groups is 2. The van der Waals surface area contributed by atoms with Crippen LogP contribution in [0, 0.1) is 0 Å². The topological polar surface area (TPSA) is 55.4 Å². The van der Waals surface area contributed by atoms with Crippen LogP contribution in [0.15, 0.2) is 48.2 Å². The molecule has 0 aliphatic heterocycles. The Balaban J connectivity index is 2.80. The van der Waals surface area contributed by atoms with Crippen LogP contribution in [0.4, 0.5) is 0 Å². The van der Waals surface area contributed by atoms with Gasteiger partial charge in [-0.25, -0.2) is 4.79 Å². The quantitative estimate of drug-likeness (QED) is 0.500. The summed E-state index contributed by atoms with van der Waals surface area (Å²) in [4.78, 5) is 22.3. The average molecular weight is 245 g/mol. The Labute approximate surface area is 106 Å². The molecule has 4 heteroatoms. The average Bonchev–Trinajstić information content (AvgIpc) is 2.37. The molecule has 1 rings (SSSR count). The minimum Gasteiger partial charge on any atom is -0.464 e. The van der Waals surface area contributed by atoms with E-state index in [1.807, 2.05) is 36.4 Å². The lowest BCUT2D eigenvalue weighted by atomic mass is 10.2. The second-order valence-electron chi connectivity index (χ2n) is 3.52. The number of ether oxygens (including phenoxy) is 1. The van der Waals surface area contributed by atoms with Gasteiger partial charge in [-0.1, -0.05) is 42.5 Å². The molecule has 1 amide bonds.